The molecule has 0 fully saturated rings. The molecule has 1 N–H and O–H groups in total. The van der Waals surface area contributed by atoms with Crippen LogP contribution in [0.3, 0.4) is 0 Å². The predicted octanol–water partition coefficient (Wildman–Crippen LogP) is 3.71. The van der Waals surface area contributed by atoms with Crippen LogP contribution in [0.4, 0.5) is 0 Å². The van der Waals surface area contributed by atoms with Gasteiger partial charge in [-0.2, -0.15) is 0 Å². The molecule has 0 bridgehead atoms. The first-order valence-corrected chi connectivity index (χ1v) is 9.64. The lowest BCUT2D eigenvalue weighted by Gasteiger charge is -2.17. The Morgan fingerprint density at radius 3 is 2.31 bits per heavy atom. The number of benzene rings is 2. The van der Waals surface area contributed by atoms with E-state index in [-0.39, 0.29) is 11.8 Å². The molecule has 0 saturated carbocycles. The number of amides is 1. The number of esters is 1. The van der Waals surface area contributed by atoms with E-state index >= 15 is 0 Å². The number of carbonyl (C=O) groups is 2. The summed E-state index contributed by atoms with van der Waals surface area (Å²) in [5.41, 5.74) is 4.47. The predicted molar refractivity (Wildman–Crippen MR) is 112 cm³/mol. The molecular weight excluding hydrogens is 366 g/mol. The number of aryl methyl sites for hydroxylation is 2. The summed E-state index contributed by atoms with van der Waals surface area (Å²) in [7, 11) is 0. The molecular formula is C23H25N3O3. The second kappa shape index (κ2) is 8.82. The SMILES string of the molecule is Cc1nc2ccc(C(=O)O[C@H](C)C(=O)NC[C@@H](C)c3ccccc3)cc2nc1C. The van der Waals surface area contributed by atoms with Crippen molar-refractivity contribution in [2.75, 3.05) is 6.54 Å². The van der Waals surface area contributed by atoms with Crippen LogP contribution in [0, 0.1) is 13.8 Å². The molecule has 6 nitrogen and oxygen atoms in total. The lowest BCUT2D eigenvalue weighted by atomic mass is 10.0. The molecule has 29 heavy (non-hydrogen) atoms. The molecule has 2 atom stereocenters. The third kappa shape index (κ3) is 4.96. The molecule has 0 aliphatic carbocycles. The molecule has 3 rings (SSSR count). The molecule has 0 radical (unpaired) electrons. The molecule has 0 saturated heterocycles. The first-order valence-electron chi connectivity index (χ1n) is 9.64. The van der Waals surface area contributed by atoms with Crippen molar-refractivity contribution in [3.8, 4) is 0 Å². The van der Waals surface area contributed by atoms with E-state index in [1.54, 1.807) is 25.1 Å². The topological polar surface area (TPSA) is 81.2 Å². The van der Waals surface area contributed by atoms with Gasteiger partial charge < -0.3 is 10.1 Å². The Morgan fingerprint density at radius 1 is 0.966 bits per heavy atom. The number of hydrogen-bond donors (Lipinski definition) is 1. The van der Waals surface area contributed by atoms with Gasteiger partial charge in [0.1, 0.15) is 0 Å². The van der Waals surface area contributed by atoms with Gasteiger partial charge in [-0.3, -0.25) is 4.79 Å². The van der Waals surface area contributed by atoms with E-state index in [4.69, 9.17) is 4.74 Å². The fraction of sp³-hybridized carbons (Fsp3) is 0.304. The summed E-state index contributed by atoms with van der Waals surface area (Å²) in [6, 6.07) is 14.9. The van der Waals surface area contributed by atoms with Gasteiger partial charge in [0.25, 0.3) is 5.91 Å². The third-order valence-electron chi connectivity index (χ3n) is 4.92. The molecule has 3 aromatic rings. The maximum Gasteiger partial charge on any atom is 0.338 e. The summed E-state index contributed by atoms with van der Waals surface area (Å²) in [6.07, 6.45) is -0.896. The highest BCUT2D eigenvalue weighted by Gasteiger charge is 2.20. The molecule has 1 heterocycles. The van der Waals surface area contributed by atoms with E-state index in [2.05, 4.69) is 15.3 Å². The summed E-state index contributed by atoms with van der Waals surface area (Å²) in [6.45, 7) is 7.83. The van der Waals surface area contributed by atoms with Gasteiger partial charge in [-0.25, -0.2) is 14.8 Å². The zero-order chi connectivity index (χ0) is 21.0. The smallest absolute Gasteiger partial charge is 0.338 e. The maximum absolute atomic E-state index is 12.5. The molecule has 6 heteroatoms. The van der Waals surface area contributed by atoms with Crippen molar-refractivity contribution < 1.29 is 14.3 Å². The zero-order valence-corrected chi connectivity index (χ0v) is 17.1. The lowest BCUT2D eigenvalue weighted by molar-refractivity contribution is -0.129. The van der Waals surface area contributed by atoms with Crippen molar-refractivity contribution in [1.29, 1.82) is 0 Å². The maximum atomic E-state index is 12.5. The molecule has 0 aliphatic heterocycles. The number of hydrogen-bond acceptors (Lipinski definition) is 5. The minimum atomic E-state index is -0.896. The fourth-order valence-electron chi connectivity index (χ4n) is 2.94. The Kier molecular flexibility index (Phi) is 6.22. The van der Waals surface area contributed by atoms with Crippen molar-refractivity contribution >= 4 is 22.9 Å². The van der Waals surface area contributed by atoms with Crippen LogP contribution < -0.4 is 5.32 Å². The summed E-state index contributed by atoms with van der Waals surface area (Å²) in [5.74, 6) is -0.729. The second-order valence-electron chi connectivity index (χ2n) is 7.20. The van der Waals surface area contributed by atoms with Crippen molar-refractivity contribution in [1.82, 2.24) is 15.3 Å². The van der Waals surface area contributed by atoms with E-state index in [1.165, 1.54) is 0 Å². The standard InChI is InChI=1S/C23H25N3O3/c1-14(18-8-6-5-7-9-18)13-24-22(27)17(4)29-23(28)19-10-11-20-21(12-19)26-16(3)15(2)25-20/h5-12,14,17H,13H2,1-4H3,(H,24,27)/t14-,17-/m1/s1. The van der Waals surface area contributed by atoms with Gasteiger partial charge in [-0.05, 0) is 50.5 Å². The quantitative estimate of drug-likeness (QED) is 0.648. The largest absolute Gasteiger partial charge is 0.449 e. The highest BCUT2D eigenvalue weighted by Crippen LogP contribution is 2.16. The number of ether oxygens (including phenoxy) is 1. The average Bonchev–Trinajstić information content (AvgIpc) is 2.72. The summed E-state index contributed by atoms with van der Waals surface area (Å²) >= 11 is 0. The number of nitrogens with one attached hydrogen (secondary N) is 1. The molecule has 1 aromatic heterocycles. The third-order valence-corrected chi connectivity index (χ3v) is 4.92. The van der Waals surface area contributed by atoms with Gasteiger partial charge in [0.05, 0.1) is 28.0 Å². The van der Waals surface area contributed by atoms with Crippen LogP contribution in [0.5, 0.6) is 0 Å². The highest BCUT2D eigenvalue weighted by molar-refractivity contribution is 5.95. The van der Waals surface area contributed by atoms with Crippen LogP contribution in [0.25, 0.3) is 11.0 Å². The Bertz CT molecular complexity index is 1030. The highest BCUT2D eigenvalue weighted by atomic mass is 16.5. The van der Waals surface area contributed by atoms with Gasteiger partial charge in [-0.15, -0.1) is 0 Å². The normalized spacial score (nSPS) is 13.0. The number of carbonyl (C=O) groups excluding carboxylic acids is 2. The van der Waals surface area contributed by atoms with Crippen LogP contribution in [0.2, 0.25) is 0 Å². The molecule has 150 valence electrons. The molecule has 1 amide bonds. The summed E-state index contributed by atoms with van der Waals surface area (Å²) in [4.78, 5) is 33.7. The summed E-state index contributed by atoms with van der Waals surface area (Å²) in [5, 5.41) is 2.84. The lowest BCUT2D eigenvalue weighted by Crippen LogP contribution is -2.37. The van der Waals surface area contributed by atoms with Crippen LogP contribution in [0.15, 0.2) is 48.5 Å². The minimum absolute atomic E-state index is 0.161. The van der Waals surface area contributed by atoms with E-state index in [9.17, 15) is 9.59 Å². The van der Waals surface area contributed by atoms with Gasteiger partial charge in [-0.1, -0.05) is 37.3 Å². The molecule has 2 aromatic carbocycles. The van der Waals surface area contributed by atoms with E-state index in [0.717, 1.165) is 17.0 Å². The van der Waals surface area contributed by atoms with E-state index in [0.29, 0.717) is 23.1 Å². The fourth-order valence-corrected chi connectivity index (χ4v) is 2.94. The summed E-state index contributed by atoms with van der Waals surface area (Å²) < 4.78 is 5.34. The van der Waals surface area contributed by atoms with Crippen LogP contribution in [-0.4, -0.2) is 34.5 Å². The van der Waals surface area contributed by atoms with Crippen molar-refractivity contribution in [3.05, 3.63) is 71.0 Å². The molecule has 0 spiro atoms. The zero-order valence-electron chi connectivity index (χ0n) is 17.1. The average molecular weight is 391 g/mol. The molecule has 0 unspecified atom stereocenters. The monoisotopic (exact) mass is 391 g/mol. The van der Waals surface area contributed by atoms with Crippen molar-refractivity contribution in [3.63, 3.8) is 0 Å². The van der Waals surface area contributed by atoms with Crippen LogP contribution in [0.1, 0.15) is 47.1 Å². The van der Waals surface area contributed by atoms with E-state index in [1.807, 2.05) is 51.1 Å². The van der Waals surface area contributed by atoms with Gasteiger partial charge >= 0.3 is 5.97 Å². The Labute approximate surface area is 170 Å². The van der Waals surface area contributed by atoms with E-state index < -0.39 is 12.1 Å². The first kappa shape index (κ1) is 20.5. The number of nitrogens with zero attached hydrogens (tertiary/aromatic N) is 2. The first-order chi connectivity index (χ1) is 13.8. The second-order valence-corrected chi connectivity index (χ2v) is 7.20. The number of fused-ring (bicyclic) bond motifs is 1. The Morgan fingerprint density at radius 2 is 1.62 bits per heavy atom. The number of aromatic nitrogens is 2. The van der Waals surface area contributed by atoms with Gasteiger partial charge in [0.2, 0.25) is 0 Å². The van der Waals surface area contributed by atoms with Crippen LogP contribution >= 0.6 is 0 Å². The minimum Gasteiger partial charge on any atom is -0.449 e. The number of rotatable bonds is 6. The molecule has 0 aliphatic rings. The van der Waals surface area contributed by atoms with Crippen molar-refractivity contribution in [2.24, 2.45) is 0 Å². The van der Waals surface area contributed by atoms with Crippen molar-refractivity contribution in [2.45, 2.75) is 39.7 Å². The Hall–Kier alpha value is -3.28. The van der Waals surface area contributed by atoms with Gasteiger partial charge in [0, 0.05) is 6.54 Å². The Balaban J connectivity index is 1.60. The van der Waals surface area contributed by atoms with Gasteiger partial charge in [0.15, 0.2) is 6.10 Å². The van der Waals surface area contributed by atoms with Crippen LogP contribution in [-0.2, 0) is 9.53 Å².